The van der Waals surface area contributed by atoms with Crippen LogP contribution in [0.15, 0.2) is 47.4 Å². The van der Waals surface area contributed by atoms with E-state index in [9.17, 15) is 19.2 Å². The number of nitrogens with zero attached hydrogens (tertiary/aromatic N) is 2. The van der Waals surface area contributed by atoms with Gasteiger partial charge in [-0.2, -0.15) is 0 Å². The fourth-order valence-electron chi connectivity index (χ4n) is 3.58. The van der Waals surface area contributed by atoms with E-state index < -0.39 is 17.4 Å². The minimum absolute atomic E-state index is 0.00439. The molecular formula is C23H28N4O5. The smallest absolute Gasteiger partial charge is 0.263 e. The normalized spacial score (nSPS) is 15.8. The largest absolute Gasteiger partial charge is 0.374 e. The zero-order valence-corrected chi connectivity index (χ0v) is 18.3. The van der Waals surface area contributed by atoms with E-state index in [4.69, 9.17) is 4.74 Å². The SMILES string of the molecule is CNC(=O)c1cc(C(=O)NCCC2CN(C(C)=O)CCO2)cn(Cc2ccccc2)c1=O. The second-order valence-electron chi connectivity index (χ2n) is 7.64. The Balaban J connectivity index is 1.72. The number of nitrogens with one attached hydrogen (secondary N) is 2. The molecule has 32 heavy (non-hydrogen) atoms. The highest BCUT2D eigenvalue weighted by Gasteiger charge is 2.22. The Morgan fingerprint density at radius 3 is 2.59 bits per heavy atom. The van der Waals surface area contributed by atoms with Crippen molar-refractivity contribution in [3.63, 3.8) is 0 Å². The topological polar surface area (TPSA) is 110 Å². The first kappa shape index (κ1) is 23.2. The third kappa shape index (κ3) is 5.82. The zero-order chi connectivity index (χ0) is 23.1. The van der Waals surface area contributed by atoms with Gasteiger partial charge >= 0.3 is 0 Å². The van der Waals surface area contributed by atoms with Crippen LogP contribution in [-0.2, 0) is 16.1 Å². The van der Waals surface area contributed by atoms with E-state index in [2.05, 4.69) is 10.6 Å². The van der Waals surface area contributed by atoms with Gasteiger partial charge in [0.05, 0.1) is 24.8 Å². The molecule has 170 valence electrons. The molecule has 1 aliphatic heterocycles. The summed E-state index contributed by atoms with van der Waals surface area (Å²) in [5, 5.41) is 5.26. The first-order chi connectivity index (χ1) is 15.4. The lowest BCUT2D eigenvalue weighted by Crippen LogP contribution is -2.45. The fraction of sp³-hybridized carbons (Fsp3) is 0.391. The Bertz CT molecular complexity index is 1030. The molecule has 0 aliphatic carbocycles. The number of benzene rings is 1. The van der Waals surface area contributed by atoms with E-state index in [-0.39, 0.29) is 29.7 Å². The van der Waals surface area contributed by atoms with Crippen molar-refractivity contribution < 1.29 is 19.1 Å². The van der Waals surface area contributed by atoms with Gasteiger partial charge in [0.25, 0.3) is 17.4 Å². The number of carbonyl (C=O) groups excluding carboxylic acids is 3. The minimum Gasteiger partial charge on any atom is -0.374 e. The molecule has 1 aromatic carbocycles. The van der Waals surface area contributed by atoms with Gasteiger partial charge in [0.1, 0.15) is 5.56 Å². The summed E-state index contributed by atoms with van der Waals surface area (Å²) in [5.74, 6) is -0.938. The van der Waals surface area contributed by atoms with Crippen molar-refractivity contribution in [2.24, 2.45) is 0 Å². The monoisotopic (exact) mass is 440 g/mol. The zero-order valence-electron chi connectivity index (χ0n) is 18.3. The van der Waals surface area contributed by atoms with Gasteiger partial charge in [0.15, 0.2) is 0 Å². The molecule has 3 amide bonds. The molecule has 1 aromatic heterocycles. The van der Waals surface area contributed by atoms with Crippen molar-refractivity contribution >= 4 is 17.7 Å². The van der Waals surface area contributed by atoms with Gasteiger partial charge < -0.3 is 24.8 Å². The Kier molecular flexibility index (Phi) is 7.77. The van der Waals surface area contributed by atoms with Crippen LogP contribution in [0.3, 0.4) is 0 Å². The minimum atomic E-state index is -0.550. The average Bonchev–Trinajstić information content (AvgIpc) is 2.80. The summed E-state index contributed by atoms with van der Waals surface area (Å²) >= 11 is 0. The van der Waals surface area contributed by atoms with Gasteiger partial charge in [0.2, 0.25) is 5.91 Å². The van der Waals surface area contributed by atoms with E-state index >= 15 is 0 Å². The molecule has 9 heteroatoms. The molecule has 1 unspecified atom stereocenters. The molecule has 0 radical (unpaired) electrons. The van der Waals surface area contributed by atoms with Crippen LogP contribution >= 0.6 is 0 Å². The standard InChI is InChI=1S/C23H28N4O5/c1-16(28)26-10-11-32-19(15-26)8-9-25-21(29)18-12-20(22(30)24-2)23(31)27(14-18)13-17-6-4-3-5-7-17/h3-7,12,14,19H,8-11,13,15H2,1-2H3,(H,24,30)(H,25,29). The maximum Gasteiger partial charge on any atom is 0.263 e. The molecule has 1 atom stereocenters. The Morgan fingerprint density at radius 2 is 1.91 bits per heavy atom. The van der Waals surface area contributed by atoms with Crippen molar-refractivity contribution in [1.82, 2.24) is 20.1 Å². The Labute approximate surface area is 186 Å². The second-order valence-corrected chi connectivity index (χ2v) is 7.64. The average molecular weight is 441 g/mol. The number of carbonyl (C=O) groups is 3. The highest BCUT2D eigenvalue weighted by Crippen LogP contribution is 2.09. The van der Waals surface area contributed by atoms with Gasteiger partial charge in [-0.1, -0.05) is 30.3 Å². The molecule has 3 rings (SSSR count). The van der Waals surface area contributed by atoms with Crippen LogP contribution in [0, 0.1) is 0 Å². The van der Waals surface area contributed by atoms with Crippen LogP contribution in [0.1, 0.15) is 39.6 Å². The predicted octanol–water partition coefficient (Wildman–Crippen LogP) is 0.623. The molecule has 9 nitrogen and oxygen atoms in total. The van der Waals surface area contributed by atoms with E-state index in [1.807, 2.05) is 30.3 Å². The third-order valence-corrected chi connectivity index (χ3v) is 5.35. The number of rotatable bonds is 7. The number of morpholine rings is 1. The maximum absolute atomic E-state index is 12.8. The van der Waals surface area contributed by atoms with Crippen LogP contribution in [0.2, 0.25) is 0 Å². The molecule has 2 aromatic rings. The lowest BCUT2D eigenvalue weighted by molar-refractivity contribution is -0.136. The van der Waals surface area contributed by atoms with Gasteiger partial charge in [0, 0.05) is 39.8 Å². The second kappa shape index (κ2) is 10.7. The van der Waals surface area contributed by atoms with Crippen LogP contribution in [-0.4, -0.2) is 66.6 Å². The first-order valence-corrected chi connectivity index (χ1v) is 10.5. The highest BCUT2D eigenvalue weighted by atomic mass is 16.5. The van der Waals surface area contributed by atoms with E-state index in [0.717, 1.165) is 5.56 Å². The van der Waals surface area contributed by atoms with Crippen LogP contribution < -0.4 is 16.2 Å². The molecule has 1 aliphatic rings. The van der Waals surface area contributed by atoms with Crippen LogP contribution in [0.4, 0.5) is 0 Å². The maximum atomic E-state index is 12.8. The molecule has 1 saturated heterocycles. The molecule has 2 N–H and O–H groups in total. The predicted molar refractivity (Wildman–Crippen MR) is 119 cm³/mol. The summed E-state index contributed by atoms with van der Waals surface area (Å²) in [6.07, 6.45) is 1.86. The first-order valence-electron chi connectivity index (χ1n) is 10.5. The van der Waals surface area contributed by atoms with Gasteiger partial charge in [-0.3, -0.25) is 19.2 Å². The summed E-state index contributed by atoms with van der Waals surface area (Å²) in [6.45, 7) is 3.64. The number of aromatic nitrogens is 1. The van der Waals surface area contributed by atoms with Gasteiger partial charge in [-0.15, -0.1) is 0 Å². The van der Waals surface area contributed by atoms with Crippen molar-refractivity contribution in [1.29, 1.82) is 0 Å². The molecule has 0 spiro atoms. The number of amides is 3. The summed E-state index contributed by atoms with van der Waals surface area (Å²) < 4.78 is 7.03. The highest BCUT2D eigenvalue weighted by molar-refractivity contribution is 5.99. The molecule has 0 bridgehead atoms. The van der Waals surface area contributed by atoms with Crippen molar-refractivity contribution in [3.05, 3.63) is 69.6 Å². The van der Waals surface area contributed by atoms with Crippen molar-refractivity contribution in [2.75, 3.05) is 33.3 Å². The lowest BCUT2D eigenvalue weighted by atomic mass is 10.1. The third-order valence-electron chi connectivity index (χ3n) is 5.35. The van der Waals surface area contributed by atoms with Crippen molar-refractivity contribution in [2.45, 2.75) is 26.0 Å². The van der Waals surface area contributed by atoms with Gasteiger partial charge in [-0.05, 0) is 18.1 Å². The molecule has 2 heterocycles. The summed E-state index contributed by atoms with van der Waals surface area (Å²) in [7, 11) is 1.44. The van der Waals surface area contributed by atoms with E-state index in [0.29, 0.717) is 32.7 Å². The number of hydrogen-bond acceptors (Lipinski definition) is 5. The summed E-state index contributed by atoms with van der Waals surface area (Å²) in [5.41, 5.74) is 0.530. The molecule has 1 fully saturated rings. The summed E-state index contributed by atoms with van der Waals surface area (Å²) in [6, 6.07) is 10.6. The van der Waals surface area contributed by atoms with Crippen molar-refractivity contribution in [3.8, 4) is 0 Å². The fourth-order valence-corrected chi connectivity index (χ4v) is 3.58. The quantitative estimate of drug-likeness (QED) is 0.656. The number of ether oxygens (including phenoxy) is 1. The molecule has 0 saturated carbocycles. The Hall–Kier alpha value is -3.46. The van der Waals surface area contributed by atoms with E-state index in [1.165, 1.54) is 30.8 Å². The van der Waals surface area contributed by atoms with Crippen LogP contribution in [0.25, 0.3) is 0 Å². The number of hydrogen-bond donors (Lipinski definition) is 2. The number of pyridine rings is 1. The van der Waals surface area contributed by atoms with Crippen LogP contribution in [0.5, 0.6) is 0 Å². The Morgan fingerprint density at radius 1 is 1.16 bits per heavy atom. The van der Waals surface area contributed by atoms with E-state index in [1.54, 1.807) is 4.90 Å². The lowest BCUT2D eigenvalue weighted by Gasteiger charge is -2.32. The molecular weight excluding hydrogens is 412 g/mol. The van der Waals surface area contributed by atoms with Gasteiger partial charge in [-0.25, -0.2) is 0 Å². The summed E-state index contributed by atoms with van der Waals surface area (Å²) in [4.78, 5) is 51.0.